The van der Waals surface area contributed by atoms with Crippen molar-refractivity contribution < 1.29 is 19.4 Å². The summed E-state index contributed by atoms with van der Waals surface area (Å²) in [6.45, 7) is 0.0674. The van der Waals surface area contributed by atoms with E-state index in [0.717, 1.165) is 23.4 Å². The number of rotatable bonds is 7. The third kappa shape index (κ3) is 4.35. The Bertz CT molecular complexity index is 1190. The third-order valence-electron chi connectivity index (χ3n) is 6.49. The van der Waals surface area contributed by atoms with Crippen LogP contribution in [-0.4, -0.2) is 40.0 Å². The molecule has 1 saturated carbocycles. The van der Waals surface area contributed by atoms with Crippen molar-refractivity contribution in [3.05, 3.63) is 80.8 Å². The molecule has 1 aliphatic carbocycles. The number of ether oxygens (including phenoxy) is 1. The minimum atomic E-state index is -1.07. The highest BCUT2D eigenvalue weighted by atomic mass is 35.5. The zero-order valence-electron chi connectivity index (χ0n) is 17.9. The number of carboxylic acids is 1. The molecule has 0 bridgehead atoms. The van der Waals surface area contributed by atoms with Crippen LogP contribution in [0.5, 0.6) is 5.75 Å². The lowest BCUT2D eigenvalue weighted by Crippen LogP contribution is -2.41. The minimum absolute atomic E-state index is 0.0737. The summed E-state index contributed by atoms with van der Waals surface area (Å²) < 4.78 is 5.60. The molecule has 1 N–H and O–H groups in total. The molecule has 170 valence electrons. The van der Waals surface area contributed by atoms with Gasteiger partial charge in [-0.15, -0.1) is 11.3 Å². The number of carboxylic acid groups (broad SMARTS) is 1. The van der Waals surface area contributed by atoms with Gasteiger partial charge in [-0.3, -0.25) is 4.79 Å². The van der Waals surface area contributed by atoms with Crippen molar-refractivity contribution in [3.8, 4) is 5.75 Å². The summed E-state index contributed by atoms with van der Waals surface area (Å²) in [6.07, 6.45) is 3.12. The zero-order chi connectivity index (χ0) is 23.0. The van der Waals surface area contributed by atoms with Gasteiger partial charge in [0.2, 0.25) is 5.91 Å². The lowest BCUT2D eigenvalue weighted by atomic mass is 9.90. The zero-order valence-corrected chi connectivity index (χ0v) is 19.4. The Kier molecular flexibility index (Phi) is 5.85. The highest BCUT2D eigenvalue weighted by Crippen LogP contribution is 2.52. The molecule has 2 aliphatic rings. The second-order valence-electron chi connectivity index (χ2n) is 8.59. The van der Waals surface area contributed by atoms with E-state index in [0.29, 0.717) is 35.7 Å². The van der Waals surface area contributed by atoms with E-state index >= 15 is 0 Å². The summed E-state index contributed by atoms with van der Waals surface area (Å²) in [5, 5.41) is 9.61. The number of thiazole rings is 1. The number of hydrogen-bond acceptors (Lipinski definition) is 5. The summed E-state index contributed by atoms with van der Waals surface area (Å²) in [5.41, 5.74) is 4.54. The molecule has 8 heteroatoms. The van der Waals surface area contributed by atoms with Gasteiger partial charge in [-0.1, -0.05) is 41.9 Å². The van der Waals surface area contributed by atoms with Gasteiger partial charge in [-0.25, -0.2) is 9.78 Å². The Morgan fingerprint density at radius 3 is 2.73 bits per heavy atom. The molecule has 0 saturated heterocycles. The number of aromatic nitrogens is 1. The lowest BCUT2D eigenvalue weighted by Gasteiger charge is -2.37. The molecule has 2 aromatic carbocycles. The number of benzene rings is 2. The van der Waals surface area contributed by atoms with Crippen molar-refractivity contribution >= 4 is 34.8 Å². The molecule has 1 unspecified atom stereocenters. The Hall–Kier alpha value is -2.90. The Balaban J connectivity index is 1.50. The maximum absolute atomic E-state index is 13.7. The molecule has 2 heterocycles. The van der Waals surface area contributed by atoms with Crippen molar-refractivity contribution in [3.63, 3.8) is 0 Å². The highest BCUT2D eigenvalue weighted by molar-refractivity contribution is 7.09. The second kappa shape index (κ2) is 8.80. The minimum Gasteiger partial charge on any atom is -0.482 e. The van der Waals surface area contributed by atoms with Crippen LogP contribution in [0.2, 0.25) is 5.02 Å². The van der Waals surface area contributed by atoms with Crippen LogP contribution >= 0.6 is 22.9 Å². The number of hydrogen-bond donors (Lipinski definition) is 1. The number of halogens is 1. The maximum atomic E-state index is 13.7. The number of amides is 1. The van der Waals surface area contributed by atoms with Crippen molar-refractivity contribution in [2.24, 2.45) is 0 Å². The fraction of sp³-hybridized carbons (Fsp3) is 0.320. The van der Waals surface area contributed by atoms with Crippen LogP contribution in [0.15, 0.2) is 54.0 Å². The number of carbonyl (C=O) groups is 2. The van der Waals surface area contributed by atoms with Crippen molar-refractivity contribution in [2.45, 2.75) is 37.1 Å². The summed E-state index contributed by atoms with van der Waals surface area (Å²) >= 11 is 7.83. The second-order valence-corrected chi connectivity index (χ2v) is 9.91. The fourth-order valence-corrected chi connectivity index (χ4v) is 5.82. The van der Waals surface area contributed by atoms with Crippen LogP contribution in [0.3, 0.4) is 0 Å². The normalized spacial score (nSPS) is 18.5. The van der Waals surface area contributed by atoms with Crippen LogP contribution in [-0.2, 0) is 21.4 Å². The van der Waals surface area contributed by atoms with E-state index in [1.54, 1.807) is 23.7 Å². The highest BCUT2D eigenvalue weighted by Gasteiger charge is 2.48. The third-order valence-corrected chi connectivity index (χ3v) is 7.65. The monoisotopic (exact) mass is 482 g/mol. The predicted octanol–water partition coefficient (Wildman–Crippen LogP) is 4.86. The molecule has 1 fully saturated rings. The lowest BCUT2D eigenvalue weighted by molar-refractivity contribution is -0.139. The van der Waals surface area contributed by atoms with E-state index in [9.17, 15) is 9.59 Å². The van der Waals surface area contributed by atoms with Gasteiger partial charge in [-0.2, -0.15) is 0 Å². The van der Waals surface area contributed by atoms with Crippen LogP contribution in [0, 0.1) is 0 Å². The first-order chi connectivity index (χ1) is 16.0. The number of fused-ring (bicyclic) bond motifs is 1. The van der Waals surface area contributed by atoms with Gasteiger partial charge < -0.3 is 14.7 Å². The number of carbonyl (C=O) groups excluding carboxylic acids is 1. The van der Waals surface area contributed by atoms with Gasteiger partial charge in [0, 0.05) is 35.4 Å². The first kappa shape index (κ1) is 21.9. The number of aliphatic carboxylic acids is 1. The molecule has 0 spiro atoms. The van der Waals surface area contributed by atoms with Gasteiger partial charge in [0.15, 0.2) is 6.61 Å². The van der Waals surface area contributed by atoms with Crippen molar-refractivity contribution in [1.82, 2.24) is 9.88 Å². The largest absolute Gasteiger partial charge is 0.482 e. The van der Waals surface area contributed by atoms with Crippen LogP contribution in [0.4, 0.5) is 0 Å². The van der Waals surface area contributed by atoms with Gasteiger partial charge in [-0.05, 0) is 36.6 Å². The Labute approximate surface area is 200 Å². The summed E-state index contributed by atoms with van der Waals surface area (Å²) in [4.78, 5) is 32.2. The van der Waals surface area contributed by atoms with Crippen molar-refractivity contribution in [2.75, 3.05) is 13.2 Å². The van der Waals surface area contributed by atoms with Crippen LogP contribution in [0.1, 0.15) is 47.0 Å². The first-order valence-corrected chi connectivity index (χ1v) is 12.1. The van der Waals surface area contributed by atoms with E-state index < -0.39 is 18.6 Å². The van der Waals surface area contributed by atoms with E-state index in [4.69, 9.17) is 21.4 Å². The first-order valence-electron chi connectivity index (χ1n) is 10.9. The molecule has 3 aromatic rings. The van der Waals surface area contributed by atoms with Gasteiger partial charge in [0.05, 0.1) is 22.1 Å². The smallest absolute Gasteiger partial charge is 0.341 e. The van der Waals surface area contributed by atoms with Gasteiger partial charge in [0.25, 0.3) is 0 Å². The average molecular weight is 483 g/mol. The van der Waals surface area contributed by atoms with Crippen LogP contribution < -0.4 is 4.74 Å². The summed E-state index contributed by atoms with van der Waals surface area (Å²) in [7, 11) is 0. The molecular weight excluding hydrogens is 460 g/mol. The van der Waals surface area contributed by atoms with Crippen LogP contribution in [0.25, 0.3) is 0 Å². The molecule has 5 rings (SSSR count). The van der Waals surface area contributed by atoms with E-state index in [-0.39, 0.29) is 11.3 Å². The summed E-state index contributed by atoms with van der Waals surface area (Å²) in [6, 6.07) is 14.9. The predicted molar refractivity (Wildman–Crippen MR) is 126 cm³/mol. The van der Waals surface area contributed by atoms with E-state index in [2.05, 4.69) is 17.1 Å². The summed E-state index contributed by atoms with van der Waals surface area (Å²) in [5.74, 6) is -0.580. The molecule has 33 heavy (non-hydrogen) atoms. The Morgan fingerprint density at radius 2 is 2.00 bits per heavy atom. The molecule has 0 radical (unpaired) electrons. The standard InChI is InChI=1S/C25H23ClN2O4S/c26-17-6-7-20(32-14-22(30)31)18(12-17)23-24-19(27-15-33-24)8-11-28(23)21(29)13-25(9-10-25)16-4-2-1-3-5-16/h1-7,12,15,23H,8-11,13-14H2,(H,30,31). The SMILES string of the molecule is O=C(O)COc1ccc(Cl)cc1C1c2scnc2CCN1C(=O)CC1(c2ccccc2)CC1. The topological polar surface area (TPSA) is 79.7 Å². The molecule has 1 amide bonds. The maximum Gasteiger partial charge on any atom is 0.341 e. The molecular formula is C25H23ClN2O4S. The quantitative estimate of drug-likeness (QED) is 0.520. The van der Waals surface area contributed by atoms with Crippen molar-refractivity contribution in [1.29, 1.82) is 0 Å². The molecule has 1 aliphatic heterocycles. The molecule has 1 aromatic heterocycles. The molecule has 1 atom stereocenters. The fourth-order valence-electron chi connectivity index (χ4n) is 4.67. The molecule has 6 nitrogen and oxygen atoms in total. The van der Waals surface area contributed by atoms with Gasteiger partial charge in [0.1, 0.15) is 5.75 Å². The van der Waals surface area contributed by atoms with E-state index in [1.165, 1.54) is 16.9 Å². The Morgan fingerprint density at radius 1 is 1.21 bits per heavy atom. The van der Waals surface area contributed by atoms with E-state index in [1.807, 2.05) is 23.1 Å². The average Bonchev–Trinajstić information content (AvgIpc) is 3.43. The number of nitrogens with zero attached hydrogens (tertiary/aromatic N) is 2. The van der Waals surface area contributed by atoms with Gasteiger partial charge >= 0.3 is 5.97 Å².